The van der Waals surface area contributed by atoms with Gasteiger partial charge in [-0.3, -0.25) is 0 Å². The summed E-state index contributed by atoms with van der Waals surface area (Å²) < 4.78 is 8.63. The Hall–Kier alpha value is -6.92. The van der Waals surface area contributed by atoms with E-state index in [2.05, 4.69) is 77.4 Å². The molecule has 3 aromatic heterocycles. The maximum Gasteiger partial charge on any atom is 0.227 e. The van der Waals surface area contributed by atoms with Crippen LogP contribution in [0.2, 0.25) is 0 Å². The van der Waals surface area contributed by atoms with E-state index in [0.29, 0.717) is 23.4 Å². The highest BCUT2D eigenvalue weighted by atomic mass is 16.3. The minimum absolute atomic E-state index is 0.567. The van der Waals surface area contributed by atoms with Gasteiger partial charge in [-0.05, 0) is 78.1 Å². The van der Waals surface area contributed by atoms with Gasteiger partial charge in [0, 0.05) is 39.0 Å². The molecule has 9 aromatic rings. The molecule has 3 heterocycles. The van der Waals surface area contributed by atoms with Crippen molar-refractivity contribution in [1.29, 1.82) is 0 Å². The molecule has 0 radical (unpaired) electrons. The first-order chi connectivity index (χ1) is 25.7. The van der Waals surface area contributed by atoms with Crippen molar-refractivity contribution in [2.45, 2.75) is 12.8 Å². The zero-order valence-corrected chi connectivity index (χ0v) is 28.1. The third kappa shape index (κ3) is 5.29. The number of oxazole rings is 1. The van der Waals surface area contributed by atoms with E-state index < -0.39 is 0 Å². The van der Waals surface area contributed by atoms with Crippen LogP contribution in [0.4, 0.5) is 0 Å². The molecule has 1 aliphatic rings. The van der Waals surface area contributed by atoms with Gasteiger partial charge < -0.3 is 8.98 Å². The Kier molecular flexibility index (Phi) is 7.17. The molecule has 0 atom stereocenters. The quantitative estimate of drug-likeness (QED) is 0.176. The summed E-state index contributed by atoms with van der Waals surface area (Å²) in [5, 5.41) is 1.34. The van der Waals surface area contributed by atoms with Crippen molar-refractivity contribution >= 4 is 28.1 Å². The van der Waals surface area contributed by atoms with Crippen molar-refractivity contribution in [2.75, 3.05) is 0 Å². The van der Waals surface area contributed by atoms with Gasteiger partial charge in [0.05, 0.1) is 5.52 Å². The van der Waals surface area contributed by atoms with Crippen LogP contribution in [0.1, 0.15) is 17.7 Å². The molecule has 0 unspecified atom stereocenters. The number of aromatic nitrogens is 5. The fraction of sp³-hybridized carbons (Fsp3) is 0.0435. The molecule has 246 valence electrons. The Balaban J connectivity index is 0.946. The third-order valence-electron chi connectivity index (χ3n) is 9.79. The second kappa shape index (κ2) is 12.4. The Bertz CT molecular complexity index is 2700. The first-order valence-corrected chi connectivity index (χ1v) is 17.5. The maximum absolute atomic E-state index is 6.24. The lowest BCUT2D eigenvalue weighted by atomic mass is 10.0. The van der Waals surface area contributed by atoms with Gasteiger partial charge in [0.1, 0.15) is 5.52 Å². The summed E-state index contributed by atoms with van der Waals surface area (Å²) >= 11 is 0. The van der Waals surface area contributed by atoms with Crippen LogP contribution in [0.5, 0.6) is 0 Å². The number of hydrogen-bond donors (Lipinski definition) is 0. The summed E-state index contributed by atoms with van der Waals surface area (Å²) in [5.74, 6) is 2.44. The highest BCUT2D eigenvalue weighted by Crippen LogP contribution is 2.35. The molecular weight excluding hydrogens is 639 g/mol. The number of nitrogens with zero attached hydrogens (tertiary/aromatic N) is 5. The lowest BCUT2D eigenvalue weighted by Gasteiger charge is -2.12. The molecular formula is C46H31N5O. The highest BCUT2D eigenvalue weighted by Gasteiger charge is 2.19. The zero-order valence-electron chi connectivity index (χ0n) is 28.1. The predicted molar refractivity (Wildman–Crippen MR) is 209 cm³/mol. The molecule has 10 rings (SSSR count). The van der Waals surface area contributed by atoms with Gasteiger partial charge in [-0.25, -0.2) is 19.9 Å². The Morgan fingerprint density at radius 3 is 1.77 bits per heavy atom. The number of rotatable bonds is 6. The van der Waals surface area contributed by atoms with Crippen LogP contribution in [0, 0.1) is 0 Å². The number of aryl methyl sites for hydroxylation is 1. The van der Waals surface area contributed by atoms with Crippen molar-refractivity contribution in [1.82, 2.24) is 24.5 Å². The fourth-order valence-corrected chi connectivity index (χ4v) is 7.20. The molecule has 6 nitrogen and oxygen atoms in total. The summed E-state index contributed by atoms with van der Waals surface area (Å²) in [6.45, 7) is 0. The Morgan fingerprint density at radius 1 is 0.500 bits per heavy atom. The highest BCUT2D eigenvalue weighted by molar-refractivity contribution is 5.91. The summed E-state index contributed by atoms with van der Waals surface area (Å²) in [5.41, 5.74) is 12.5. The lowest BCUT2D eigenvalue weighted by molar-refractivity contribution is 0.620. The molecule has 1 aliphatic carbocycles. The average molecular weight is 670 g/mol. The average Bonchev–Trinajstić information content (AvgIpc) is 3.81. The van der Waals surface area contributed by atoms with Crippen molar-refractivity contribution < 1.29 is 4.42 Å². The molecule has 52 heavy (non-hydrogen) atoms. The minimum Gasteiger partial charge on any atom is -0.436 e. The molecule has 0 saturated carbocycles. The van der Waals surface area contributed by atoms with Crippen molar-refractivity contribution in [3.63, 3.8) is 0 Å². The molecule has 0 spiro atoms. The van der Waals surface area contributed by atoms with Crippen LogP contribution >= 0.6 is 0 Å². The smallest absolute Gasteiger partial charge is 0.227 e. The first kappa shape index (κ1) is 29.9. The van der Waals surface area contributed by atoms with Crippen molar-refractivity contribution in [2.24, 2.45) is 0 Å². The van der Waals surface area contributed by atoms with Crippen LogP contribution in [0.15, 0.2) is 162 Å². The number of fused-ring (bicyclic) bond motifs is 4. The number of benzene rings is 6. The second-order valence-electron chi connectivity index (χ2n) is 13.0. The number of hydrogen-bond acceptors (Lipinski definition) is 5. The van der Waals surface area contributed by atoms with Crippen LogP contribution in [-0.2, 0) is 6.42 Å². The Labute approximate surface area is 300 Å². The molecule has 6 aromatic carbocycles. The molecule has 0 N–H and O–H groups in total. The molecule has 0 amide bonds. The lowest BCUT2D eigenvalue weighted by Crippen LogP contribution is -2.00. The topological polar surface area (TPSA) is 69.6 Å². The van der Waals surface area contributed by atoms with Gasteiger partial charge in [0.15, 0.2) is 23.1 Å². The molecule has 0 bridgehead atoms. The largest absolute Gasteiger partial charge is 0.436 e. The Morgan fingerprint density at radius 2 is 1.08 bits per heavy atom. The van der Waals surface area contributed by atoms with Crippen molar-refractivity contribution in [3.8, 4) is 62.4 Å². The van der Waals surface area contributed by atoms with Crippen molar-refractivity contribution in [3.05, 3.63) is 169 Å². The third-order valence-corrected chi connectivity index (χ3v) is 9.79. The summed E-state index contributed by atoms with van der Waals surface area (Å²) in [4.78, 5) is 19.4. The van der Waals surface area contributed by atoms with Crippen LogP contribution in [0.3, 0.4) is 0 Å². The zero-order chi connectivity index (χ0) is 34.4. The van der Waals surface area contributed by atoms with Gasteiger partial charge in [-0.15, -0.1) is 0 Å². The fourth-order valence-electron chi connectivity index (χ4n) is 7.20. The maximum atomic E-state index is 6.24. The monoisotopic (exact) mass is 669 g/mol. The predicted octanol–water partition coefficient (Wildman–Crippen LogP) is 11.3. The van der Waals surface area contributed by atoms with E-state index in [-0.39, 0.29) is 0 Å². The van der Waals surface area contributed by atoms with E-state index in [1.807, 2.05) is 91.0 Å². The van der Waals surface area contributed by atoms with Gasteiger partial charge in [0.2, 0.25) is 5.89 Å². The van der Waals surface area contributed by atoms with Crippen LogP contribution < -0.4 is 0 Å². The minimum atomic E-state index is 0.567. The summed E-state index contributed by atoms with van der Waals surface area (Å²) in [6.07, 6.45) is 6.71. The van der Waals surface area contributed by atoms with Gasteiger partial charge >= 0.3 is 0 Å². The first-order valence-electron chi connectivity index (χ1n) is 17.5. The van der Waals surface area contributed by atoms with Gasteiger partial charge in [0.25, 0.3) is 0 Å². The standard InChI is InChI=1S/C46H31N5O/c1-3-11-31(12-4-1)43-48-44(32-13-5-2-6-14-32)50-45(49-43)33-19-21-34(22-20-33)46-47-39-29-35(25-28-42(39)52-46)30-23-26-36(27-24-30)51-40-17-9-7-15-37(40)38-16-8-10-18-41(38)51/h1-7,9-15,17-29H,8,16H2. The van der Waals surface area contributed by atoms with E-state index in [4.69, 9.17) is 24.4 Å². The summed E-state index contributed by atoms with van der Waals surface area (Å²) in [7, 11) is 0. The normalized spacial score (nSPS) is 12.4. The molecule has 0 aliphatic heterocycles. The van der Waals surface area contributed by atoms with E-state index in [1.54, 1.807) is 0 Å². The summed E-state index contributed by atoms with van der Waals surface area (Å²) in [6, 6.07) is 51.8. The van der Waals surface area contributed by atoms with Crippen LogP contribution in [-0.4, -0.2) is 24.5 Å². The number of para-hydroxylation sites is 1. The van der Waals surface area contributed by atoms with E-state index in [1.165, 1.54) is 22.2 Å². The molecule has 0 saturated heterocycles. The SMILES string of the molecule is C1=Cc2c(c3ccccc3n2-c2ccc(-c3ccc4oc(-c5ccc(-c6nc(-c7ccccc7)nc(-c7ccccc7)n6)cc5)nc4c3)cc2)CC1. The van der Waals surface area contributed by atoms with Crippen LogP contribution in [0.25, 0.3) is 90.5 Å². The van der Waals surface area contributed by atoms with Gasteiger partial charge in [-0.2, -0.15) is 0 Å². The van der Waals surface area contributed by atoms with E-state index >= 15 is 0 Å². The molecule has 0 fully saturated rings. The van der Waals surface area contributed by atoms with Gasteiger partial charge in [-0.1, -0.05) is 115 Å². The van der Waals surface area contributed by atoms with E-state index in [0.717, 1.165) is 63.0 Å². The number of allylic oxidation sites excluding steroid dienone is 1. The van der Waals surface area contributed by atoms with E-state index in [9.17, 15) is 0 Å². The second-order valence-corrected chi connectivity index (χ2v) is 13.0. The molecule has 6 heteroatoms.